The fourth-order valence-electron chi connectivity index (χ4n) is 3.16. The van der Waals surface area contributed by atoms with Crippen LogP contribution in [0.5, 0.6) is 5.75 Å². The van der Waals surface area contributed by atoms with E-state index >= 15 is 0 Å². The molecule has 0 aliphatic rings. The second-order valence-corrected chi connectivity index (χ2v) is 9.49. The lowest BCUT2D eigenvalue weighted by atomic mass is 9.95. The van der Waals surface area contributed by atoms with Gasteiger partial charge in [-0.15, -0.1) is 0 Å². The third-order valence-corrected chi connectivity index (χ3v) is 6.02. The van der Waals surface area contributed by atoms with E-state index in [0.717, 1.165) is 5.56 Å². The van der Waals surface area contributed by atoms with Crippen LogP contribution >= 0.6 is 23.2 Å². The van der Waals surface area contributed by atoms with Crippen molar-refractivity contribution >= 4 is 34.9 Å². The van der Waals surface area contributed by atoms with Gasteiger partial charge >= 0.3 is 0 Å². The van der Waals surface area contributed by atoms with Gasteiger partial charge in [-0.3, -0.25) is 4.79 Å². The topological polar surface area (TPSA) is 97.5 Å². The fraction of sp³-hybridized carbons (Fsp3) is 0.280. The number of nitrogens with two attached hydrogens (primary N) is 1. The van der Waals surface area contributed by atoms with Gasteiger partial charge in [-0.2, -0.15) is 0 Å². The van der Waals surface area contributed by atoms with Crippen LogP contribution in [0.3, 0.4) is 0 Å². The third kappa shape index (κ3) is 5.97. The number of aliphatic hydroxyl groups excluding tert-OH is 1. The van der Waals surface area contributed by atoms with Gasteiger partial charge in [0, 0.05) is 46.5 Å². The molecule has 0 aliphatic heterocycles. The van der Waals surface area contributed by atoms with E-state index in [9.17, 15) is 14.3 Å². The highest BCUT2D eigenvalue weighted by atomic mass is 35.5. The molecule has 0 saturated heterocycles. The van der Waals surface area contributed by atoms with E-state index in [1.165, 1.54) is 12.1 Å². The van der Waals surface area contributed by atoms with Crippen molar-refractivity contribution in [2.75, 3.05) is 18.9 Å². The fourth-order valence-corrected chi connectivity index (χ4v) is 3.84. The number of amides is 1. The van der Waals surface area contributed by atoms with Crippen LogP contribution < -0.4 is 15.8 Å². The van der Waals surface area contributed by atoms with E-state index in [2.05, 4.69) is 10.3 Å². The molecule has 3 aromatic rings. The number of pyridine rings is 1. The van der Waals surface area contributed by atoms with Crippen LogP contribution in [0.1, 0.15) is 42.8 Å². The first-order valence-corrected chi connectivity index (χ1v) is 11.3. The molecule has 0 radical (unpaired) electrons. The van der Waals surface area contributed by atoms with Crippen LogP contribution in [0.4, 0.5) is 10.2 Å². The minimum Gasteiger partial charge on any atom is -0.482 e. The number of carbonyl (C=O) groups excluding carboxylic acids is 1. The highest BCUT2D eigenvalue weighted by Gasteiger charge is 2.21. The summed E-state index contributed by atoms with van der Waals surface area (Å²) in [6.07, 6.45) is 0.901. The van der Waals surface area contributed by atoms with Crippen molar-refractivity contribution in [1.82, 2.24) is 10.3 Å². The molecule has 1 atom stereocenters. The zero-order valence-corrected chi connectivity index (χ0v) is 20.5. The Bertz CT molecular complexity index is 1190. The Morgan fingerprint density at radius 2 is 1.88 bits per heavy atom. The number of carbonyl (C=O) groups is 1. The molecule has 1 heterocycles. The third-order valence-electron chi connectivity index (χ3n) is 5.31. The summed E-state index contributed by atoms with van der Waals surface area (Å²) in [5.41, 5.74) is 7.89. The Morgan fingerprint density at radius 3 is 2.53 bits per heavy atom. The maximum absolute atomic E-state index is 13.9. The number of hydrogen-bond acceptors (Lipinski definition) is 5. The zero-order valence-electron chi connectivity index (χ0n) is 19.0. The second kappa shape index (κ2) is 10.6. The van der Waals surface area contributed by atoms with Crippen molar-refractivity contribution in [3.63, 3.8) is 0 Å². The van der Waals surface area contributed by atoms with Crippen LogP contribution in [0, 0.1) is 11.2 Å². The number of aliphatic hydroxyl groups is 1. The maximum Gasteiger partial charge on any atom is 0.251 e. The molecule has 1 aromatic heterocycles. The summed E-state index contributed by atoms with van der Waals surface area (Å²) in [7, 11) is 0. The molecule has 1 unspecified atom stereocenters. The van der Waals surface area contributed by atoms with Crippen LogP contribution in [-0.2, 0) is 0 Å². The van der Waals surface area contributed by atoms with E-state index in [1.807, 2.05) is 13.8 Å². The van der Waals surface area contributed by atoms with Gasteiger partial charge < -0.3 is 20.9 Å². The van der Waals surface area contributed by atoms with Gasteiger partial charge in [-0.1, -0.05) is 49.2 Å². The summed E-state index contributed by atoms with van der Waals surface area (Å²) in [4.78, 5) is 16.6. The smallest absolute Gasteiger partial charge is 0.251 e. The highest BCUT2D eigenvalue weighted by Crippen LogP contribution is 2.37. The number of ether oxygens (including phenoxy) is 1. The van der Waals surface area contributed by atoms with Crippen molar-refractivity contribution in [2.45, 2.75) is 26.9 Å². The van der Waals surface area contributed by atoms with E-state index in [4.69, 9.17) is 33.7 Å². The molecule has 6 nitrogen and oxygen atoms in total. The molecule has 0 bridgehead atoms. The molecule has 180 valence electrons. The number of hydrogen-bond donors (Lipinski definition) is 3. The van der Waals surface area contributed by atoms with Crippen molar-refractivity contribution in [2.24, 2.45) is 5.41 Å². The quantitative estimate of drug-likeness (QED) is 0.343. The van der Waals surface area contributed by atoms with Crippen LogP contribution in [-0.4, -0.2) is 29.1 Å². The van der Waals surface area contributed by atoms with E-state index in [-0.39, 0.29) is 34.1 Å². The minimum absolute atomic E-state index is 0.0308. The number of anilines is 1. The van der Waals surface area contributed by atoms with E-state index in [0.29, 0.717) is 23.2 Å². The molecule has 3 rings (SSSR count). The number of rotatable bonds is 8. The van der Waals surface area contributed by atoms with Crippen LogP contribution in [0.25, 0.3) is 11.1 Å². The van der Waals surface area contributed by atoms with Crippen molar-refractivity contribution in [3.8, 4) is 16.9 Å². The first-order chi connectivity index (χ1) is 16.0. The Balaban J connectivity index is 1.79. The number of nitrogens with one attached hydrogen (secondary N) is 1. The summed E-state index contributed by atoms with van der Waals surface area (Å²) in [5.74, 6) is -0.387. The normalized spacial score (nSPS) is 12.3. The van der Waals surface area contributed by atoms with Crippen molar-refractivity contribution in [1.29, 1.82) is 0 Å². The van der Waals surface area contributed by atoms with Gasteiger partial charge in [0.2, 0.25) is 0 Å². The molecular weight excluding hydrogens is 480 g/mol. The largest absolute Gasteiger partial charge is 0.482 e. The van der Waals surface area contributed by atoms with E-state index in [1.54, 1.807) is 43.5 Å². The van der Waals surface area contributed by atoms with Crippen molar-refractivity contribution in [3.05, 3.63) is 75.7 Å². The summed E-state index contributed by atoms with van der Waals surface area (Å²) in [6.45, 7) is 5.73. The Hall–Kier alpha value is -2.87. The molecule has 4 N–H and O–H groups in total. The summed E-state index contributed by atoms with van der Waals surface area (Å²) < 4.78 is 19.9. The second-order valence-electron chi connectivity index (χ2n) is 8.71. The first kappa shape index (κ1) is 25.7. The molecule has 0 fully saturated rings. The lowest BCUT2D eigenvalue weighted by Crippen LogP contribution is -2.36. The van der Waals surface area contributed by atoms with Gasteiger partial charge in [-0.25, -0.2) is 9.37 Å². The SMILES string of the molecule is CC(Oc1cc(-c2ccc(C(=O)NCC(C)(C)CO)cc2)cnc1N)c1c(Cl)ccc(F)c1Cl. The molecule has 0 spiro atoms. The lowest BCUT2D eigenvalue weighted by molar-refractivity contribution is 0.0911. The Labute approximate surface area is 207 Å². The first-order valence-electron chi connectivity index (χ1n) is 10.6. The number of nitrogen functional groups attached to an aromatic ring is 1. The zero-order chi connectivity index (χ0) is 25.0. The van der Waals surface area contributed by atoms with Gasteiger partial charge in [-0.05, 0) is 42.8 Å². The highest BCUT2D eigenvalue weighted by molar-refractivity contribution is 6.36. The van der Waals surface area contributed by atoms with Gasteiger partial charge in [0.05, 0.1) is 5.02 Å². The number of aromatic nitrogens is 1. The minimum atomic E-state index is -0.690. The summed E-state index contributed by atoms with van der Waals surface area (Å²) in [5, 5.41) is 12.3. The maximum atomic E-state index is 13.9. The Morgan fingerprint density at radius 1 is 1.21 bits per heavy atom. The van der Waals surface area contributed by atoms with Gasteiger partial charge in [0.25, 0.3) is 5.91 Å². The van der Waals surface area contributed by atoms with E-state index < -0.39 is 17.3 Å². The predicted octanol–water partition coefficient (Wildman–Crippen LogP) is 5.67. The standard InChI is InChI=1S/C25H26Cl2FN3O3/c1-14(21-18(26)8-9-19(28)22(21)27)34-20-10-17(11-30-23(20)29)15-4-6-16(7-5-15)24(33)31-12-25(2,3)13-32/h4-11,14,32H,12-13H2,1-3H3,(H2,29,30)(H,31,33). The van der Waals surface area contributed by atoms with Crippen molar-refractivity contribution < 1.29 is 19.0 Å². The molecular formula is C25H26Cl2FN3O3. The molecule has 2 aromatic carbocycles. The average molecular weight is 506 g/mol. The number of benzene rings is 2. The van der Waals surface area contributed by atoms with Crippen LogP contribution in [0.2, 0.25) is 10.0 Å². The lowest BCUT2D eigenvalue weighted by Gasteiger charge is -2.21. The van der Waals surface area contributed by atoms with Crippen LogP contribution in [0.15, 0.2) is 48.7 Å². The summed E-state index contributed by atoms with van der Waals surface area (Å²) in [6, 6.07) is 11.3. The Kier molecular flexibility index (Phi) is 8.02. The average Bonchev–Trinajstić information content (AvgIpc) is 2.82. The molecule has 0 aliphatic carbocycles. The predicted molar refractivity (Wildman–Crippen MR) is 133 cm³/mol. The molecule has 0 saturated carbocycles. The molecule has 1 amide bonds. The van der Waals surface area contributed by atoms with Gasteiger partial charge in [0.1, 0.15) is 11.9 Å². The number of nitrogens with zero attached hydrogens (tertiary/aromatic N) is 1. The monoisotopic (exact) mass is 505 g/mol. The number of halogens is 3. The molecule has 34 heavy (non-hydrogen) atoms. The van der Waals surface area contributed by atoms with Gasteiger partial charge in [0.15, 0.2) is 11.6 Å². The summed E-state index contributed by atoms with van der Waals surface area (Å²) >= 11 is 12.3. The molecule has 9 heteroatoms.